The summed E-state index contributed by atoms with van der Waals surface area (Å²) in [5.41, 5.74) is 0. The average molecular weight is 246 g/mol. The van der Waals surface area contributed by atoms with E-state index in [1.807, 2.05) is 0 Å². The van der Waals surface area contributed by atoms with Crippen LogP contribution in [0.3, 0.4) is 0 Å². The van der Waals surface area contributed by atoms with Crippen LogP contribution in [0.2, 0.25) is 0 Å². The van der Waals surface area contributed by atoms with Crippen LogP contribution in [-0.4, -0.2) is 61.1 Å². The molecule has 0 aliphatic carbocycles. The molecule has 0 amide bonds. The number of carbonyl (C=O) groups is 1. The molecule has 0 saturated heterocycles. The monoisotopic (exact) mass is 246 g/mol. The van der Waals surface area contributed by atoms with Gasteiger partial charge in [0, 0.05) is 0 Å². The van der Waals surface area contributed by atoms with E-state index in [0.29, 0.717) is 0 Å². The molecule has 0 fully saturated rings. The summed E-state index contributed by atoms with van der Waals surface area (Å²) in [5.74, 6) is -1.78. The molecule has 0 spiro atoms. The maximum Gasteiger partial charge on any atom is 0.469 e. The van der Waals surface area contributed by atoms with E-state index < -0.39 is 38.7 Å². The molecular weight excluding hydrogens is 235 g/mol. The molecule has 9 nitrogen and oxygen atoms in total. The first-order chi connectivity index (χ1) is 6.65. The number of carboxylic acids is 1. The molecule has 0 saturated carbocycles. The zero-order valence-electron chi connectivity index (χ0n) is 7.29. The number of phosphoric acid groups is 1. The molecule has 0 aromatic heterocycles. The topological polar surface area (TPSA) is 165 Å². The van der Waals surface area contributed by atoms with E-state index in [1.54, 1.807) is 0 Å². The summed E-state index contributed by atoms with van der Waals surface area (Å²) >= 11 is 0. The minimum absolute atomic E-state index is 1.00. The van der Waals surface area contributed by atoms with Crippen LogP contribution < -0.4 is 0 Å². The molecular formula is C5H11O9P. The molecule has 0 aromatic carbocycles. The molecule has 0 rings (SSSR count). The highest BCUT2D eigenvalue weighted by atomic mass is 31.2. The molecule has 6 N–H and O–H groups in total. The zero-order chi connectivity index (χ0) is 12.2. The first-order valence-electron chi connectivity index (χ1n) is 3.62. The number of rotatable bonds is 6. The van der Waals surface area contributed by atoms with Gasteiger partial charge in [-0.05, 0) is 0 Å². The Morgan fingerprint density at radius 3 is 2.07 bits per heavy atom. The summed E-state index contributed by atoms with van der Waals surface area (Å²) < 4.78 is 14.0. The molecule has 15 heavy (non-hydrogen) atoms. The van der Waals surface area contributed by atoms with Crippen LogP contribution >= 0.6 is 7.82 Å². The predicted molar refractivity (Wildman–Crippen MR) is 43.7 cm³/mol. The molecule has 0 heterocycles. The lowest BCUT2D eigenvalue weighted by atomic mass is 10.1. The Labute approximate surface area is 83.8 Å². The van der Waals surface area contributed by atoms with Crippen LogP contribution in [0, 0.1) is 0 Å². The molecule has 10 heteroatoms. The first-order valence-corrected chi connectivity index (χ1v) is 5.15. The Kier molecular flexibility index (Phi) is 5.32. The Morgan fingerprint density at radius 1 is 1.27 bits per heavy atom. The van der Waals surface area contributed by atoms with Gasteiger partial charge in [-0.15, -0.1) is 0 Å². The van der Waals surface area contributed by atoms with Crippen LogP contribution in [0.25, 0.3) is 0 Å². The highest BCUT2D eigenvalue weighted by molar-refractivity contribution is 7.46. The zero-order valence-corrected chi connectivity index (χ0v) is 8.19. The number of phosphoric ester groups is 1. The summed E-state index contributed by atoms with van der Waals surface area (Å²) in [6, 6.07) is 0. The maximum absolute atomic E-state index is 10.2. The number of hydrogen-bond acceptors (Lipinski definition) is 6. The minimum Gasteiger partial charge on any atom is -0.479 e. The van der Waals surface area contributed by atoms with Crippen molar-refractivity contribution in [3.63, 3.8) is 0 Å². The standard InChI is InChI=1S/C5H11O9P/c6-2(1-14-15(11,12)13)3(7)4(8)5(9)10/h2-4,6-8H,1H2,(H,9,10)(H2,11,12,13)/t2-,3-,4+/m0/s1. The van der Waals surface area contributed by atoms with Crippen LogP contribution in [0.5, 0.6) is 0 Å². The largest absolute Gasteiger partial charge is 0.479 e. The summed E-state index contributed by atoms with van der Waals surface area (Å²) in [6.45, 7) is -1.00. The van der Waals surface area contributed by atoms with Gasteiger partial charge >= 0.3 is 13.8 Å². The maximum atomic E-state index is 10.2. The predicted octanol–water partition coefficient (Wildman–Crippen LogP) is -2.74. The van der Waals surface area contributed by atoms with E-state index in [9.17, 15) is 9.36 Å². The third-order valence-corrected chi connectivity index (χ3v) is 1.87. The van der Waals surface area contributed by atoms with Crippen molar-refractivity contribution in [3.8, 4) is 0 Å². The first kappa shape index (κ1) is 14.5. The van der Waals surface area contributed by atoms with Crippen molar-refractivity contribution < 1.29 is 44.1 Å². The van der Waals surface area contributed by atoms with Crippen molar-refractivity contribution in [2.45, 2.75) is 18.3 Å². The highest BCUT2D eigenvalue weighted by Crippen LogP contribution is 2.35. The molecule has 0 aliphatic rings. The van der Waals surface area contributed by atoms with Crippen molar-refractivity contribution in [2.75, 3.05) is 6.61 Å². The third kappa shape index (κ3) is 5.80. The van der Waals surface area contributed by atoms with Gasteiger partial charge in [0.05, 0.1) is 6.61 Å². The van der Waals surface area contributed by atoms with Crippen LogP contribution in [-0.2, 0) is 13.9 Å². The smallest absolute Gasteiger partial charge is 0.469 e. The molecule has 0 radical (unpaired) electrons. The van der Waals surface area contributed by atoms with Gasteiger partial charge in [0.25, 0.3) is 0 Å². The Morgan fingerprint density at radius 2 is 1.73 bits per heavy atom. The lowest BCUT2D eigenvalue weighted by Crippen LogP contribution is -2.44. The number of carboxylic acid groups (broad SMARTS) is 1. The second-order valence-electron chi connectivity index (χ2n) is 2.63. The van der Waals surface area contributed by atoms with E-state index in [-0.39, 0.29) is 0 Å². The second-order valence-corrected chi connectivity index (χ2v) is 3.87. The number of aliphatic hydroxyl groups is 3. The van der Waals surface area contributed by atoms with Crippen molar-refractivity contribution in [1.29, 1.82) is 0 Å². The van der Waals surface area contributed by atoms with Gasteiger partial charge in [-0.25, -0.2) is 9.36 Å². The van der Waals surface area contributed by atoms with Crippen LogP contribution in [0.1, 0.15) is 0 Å². The lowest BCUT2D eigenvalue weighted by Gasteiger charge is -2.19. The van der Waals surface area contributed by atoms with Gasteiger partial charge in [0.15, 0.2) is 6.10 Å². The fraction of sp³-hybridized carbons (Fsp3) is 0.800. The SMILES string of the molecule is O=C(O)[C@H](O)[C@@H](O)[C@@H](O)COP(=O)(O)O. The number of aliphatic hydroxyl groups excluding tert-OH is 3. The van der Waals surface area contributed by atoms with Gasteiger partial charge in [-0.3, -0.25) is 4.52 Å². The fourth-order valence-electron chi connectivity index (χ4n) is 0.629. The van der Waals surface area contributed by atoms with Crippen molar-refractivity contribution >= 4 is 13.8 Å². The van der Waals surface area contributed by atoms with Crippen molar-refractivity contribution in [2.24, 2.45) is 0 Å². The van der Waals surface area contributed by atoms with Gasteiger partial charge in [-0.1, -0.05) is 0 Å². The lowest BCUT2D eigenvalue weighted by molar-refractivity contribution is -0.159. The van der Waals surface area contributed by atoms with Crippen molar-refractivity contribution in [1.82, 2.24) is 0 Å². The van der Waals surface area contributed by atoms with Crippen LogP contribution in [0.4, 0.5) is 0 Å². The molecule has 3 atom stereocenters. The normalized spacial score (nSPS) is 18.2. The average Bonchev–Trinajstić information content (AvgIpc) is 2.10. The van der Waals surface area contributed by atoms with Crippen molar-refractivity contribution in [3.05, 3.63) is 0 Å². The van der Waals surface area contributed by atoms with E-state index in [4.69, 9.17) is 30.2 Å². The van der Waals surface area contributed by atoms with E-state index >= 15 is 0 Å². The number of hydrogen-bond donors (Lipinski definition) is 6. The Balaban J connectivity index is 4.16. The molecule has 0 aromatic rings. The van der Waals surface area contributed by atoms with E-state index in [1.165, 1.54) is 0 Å². The summed E-state index contributed by atoms with van der Waals surface area (Å²) in [7, 11) is -4.81. The van der Waals surface area contributed by atoms with Gasteiger partial charge in [0.1, 0.15) is 12.2 Å². The third-order valence-electron chi connectivity index (χ3n) is 1.38. The van der Waals surface area contributed by atoms with Gasteiger partial charge in [0.2, 0.25) is 0 Å². The van der Waals surface area contributed by atoms with Crippen LogP contribution in [0.15, 0.2) is 0 Å². The number of aliphatic carboxylic acids is 1. The molecule has 0 aliphatic heterocycles. The fourth-order valence-corrected chi connectivity index (χ4v) is 0.975. The Bertz CT molecular complexity index is 259. The molecule has 0 bridgehead atoms. The summed E-state index contributed by atoms with van der Waals surface area (Å²) in [5, 5.41) is 34.8. The minimum atomic E-state index is -4.81. The Hall–Kier alpha value is -0.540. The second kappa shape index (κ2) is 5.52. The summed E-state index contributed by atoms with van der Waals surface area (Å²) in [4.78, 5) is 26.6. The van der Waals surface area contributed by atoms with Gasteiger partial charge in [-0.2, -0.15) is 0 Å². The quantitative estimate of drug-likeness (QED) is 0.272. The van der Waals surface area contributed by atoms with E-state index in [0.717, 1.165) is 0 Å². The van der Waals surface area contributed by atoms with Gasteiger partial charge < -0.3 is 30.2 Å². The molecule has 0 unspecified atom stereocenters. The van der Waals surface area contributed by atoms with E-state index in [2.05, 4.69) is 4.52 Å². The summed E-state index contributed by atoms with van der Waals surface area (Å²) in [6.07, 6.45) is -6.29. The molecule has 90 valence electrons. The highest BCUT2D eigenvalue weighted by Gasteiger charge is 2.31.